The molecule has 0 aromatic carbocycles. The Morgan fingerprint density at radius 2 is 2.18 bits per heavy atom. The lowest BCUT2D eigenvalue weighted by atomic mass is 10.1. The zero-order chi connectivity index (χ0) is 16.5. The van der Waals surface area contributed by atoms with Crippen LogP contribution in [0.25, 0.3) is 0 Å². The van der Waals surface area contributed by atoms with E-state index in [1.54, 1.807) is 6.92 Å². The number of carbonyl (C=O) groups is 2. The van der Waals surface area contributed by atoms with Crippen molar-refractivity contribution < 1.29 is 14.3 Å². The first-order valence-electron chi connectivity index (χ1n) is 7.13. The molecule has 0 unspecified atom stereocenters. The number of nitrogens with zero attached hydrogens (tertiary/aromatic N) is 2. The van der Waals surface area contributed by atoms with Gasteiger partial charge in [-0.25, -0.2) is 14.8 Å². The summed E-state index contributed by atoms with van der Waals surface area (Å²) >= 11 is 1.17. The molecule has 0 aliphatic carbocycles. The second kappa shape index (κ2) is 9.24. The number of nitrogens with two attached hydrogens (primary N) is 1. The van der Waals surface area contributed by atoms with Crippen LogP contribution >= 0.6 is 11.8 Å². The summed E-state index contributed by atoms with van der Waals surface area (Å²) in [5, 5.41) is 3.18. The van der Waals surface area contributed by atoms with E-state index >= 15 is 0 Å². The van der Waals surface area contributed by atoms with E-state index in [0.717, 1.165) is 6.42 Å². The molecule has 0 aliphatic rings. The van der Waals surface area contributed by atoms with E-state index in [0.29, 0.717) is 17.6 Å². The van der Waals surface area contributed by atoms with E-state index < -0.39 is 5.97 Å². The number of hydrogen-bond donors (Lipinski definition) is 2. The van der Waals surface area contributed by atoms with E-state index in [-0.39, 0.29) is 29.6 Å². The zero-order valence-electron chi connectivity index (χ0n) is 13.1. The van der Waals surface area contributed by atoms with Crippen molar-refractivity contribution in [1.29, 1.82) is 0 Å². The van der Waals surface area contributed by atoms with Gasteiger partial charge in [0, 0.05) is 12.7 Å². The second-order valence-electron chi connectivity index (χ2n) is 4.99. The molecule has 0 saturated carbocycles. The van der Waals surface area contributed by atoms with E-state index in [2.05, 4.69) is 29.1 Å². The first kappa shape index (κ1) is 18.2. The molecule has 0 saturated heterocycles. The average molecular weight is 326 g/mol. The average Bonchev–Trinajstić information content (AvgIpc) is 2.45. The van der Waals surface area contributed by atoms with Crippen LogP contribution in [0, 0.1) is 5.92 Å². The lowest BCUT2D eigenvalue weighted by Gasteiger charge is -2.07. The van der Waals surface area contributed by atoms with Crippen molar-refractivity contribution in [1.82, 2.24) is 15.3 Å². The highest BCUT2D eigenvalue weighted by atomic mass is 32.2. The predicted molar refractivity (Wildman–Crippen MR) is 85.6 cm³/mol. The van der Waals surface area contributed by atoms with Crippen LogP contribution in [0.1, 0.15) is 37.6 Å². The molecule has 0 atom stereocenters. The summed E-state index contributed by atoms with van der Waals surface area (Å²) in [6, 6.07) is 0. The first-order valence-corrected chi connectivity index (χ1v) is 8.11. The Morgan fingerprint density at radius 1 is 1.45 bits per heavy atom. The predicted octanol–water partition coefficient (Wildman–Crippen LogP) is 1.49. The highest BCUT2D eigenvalue weighted by Crippen LogP contribution is 2.16. The number of nitrogens with one attached hydrogen (secondary N) is 1. The van der Waals surface area contributed by atoms with Gasteiger partial charge in [0.2, 0.25) is 5.91 Å². The van der Waals surface area contributed by atoms with Crippen LogP contribution in [0.2, 0.25) is 0 Å². The minimum atomic E-state index is -0.553. The number of anilines is 1. The van der Waals surface area contributed by atoms with Crippen LogP contribution in [0.15, 0.2) is 11.4 Å². The lowest BCUT2D eigenvalue weighted by molar-refractivity contribution is -0.118. The lowest BCUT2D eigenvalue weighted by Crippen LogP contribution is -2.27. The highest BCUT2D eigenvalue weighted by molar-refractivity contribution is 7.99. The molecule has 0 bridgehead atoms. The fraction of sp³-hybridized carbons (Fsp3) is 0.571. The van der Waals surface area contributed by atoms with Gasteiger partial charge in [-0.3, -0.25) is 4.79 Å². The van der Waals surface area contributed by atoms with Crippen molar-refractivity contribution in [3.63, 3.8) is 0 Å². The van der Waals surface area contributed by atoms with Gasteiger partial charge in [0.25, 0.3) is 0 Å². The Labute approximate surface area is 134 Å². The van der Waals surface area contributed by atoms with Crippen LogP contribution in [0.5, 0.6) is 0 Å². The van der Waals surface area contributed by atoms with Crippen LogP contribution in [-0.4, -0.2) is 40.7 Å². The van der Waals surface area contributed by atoms with Crippen molar-refractivity contribution in [2.24, 2.45) is 5.92 Å². The summed E-state index contributed by atoms with van der Waals surface area (Å²) in [4.78, 5) is 31.2. The molecule has 1 aromatic rings. The summed E-state index contributed by atoms with van der Waals surface area (Å²) < 4.78 is 4.84. The molecule has 1 heterocycles. The number of ether oxygens (including phenoxy) is 1. The van der Waals surface area contributed by atoms with Gasteiger partial charge in [0.15, 0.2) is 5.16 Å². The van der Waals surface area contributed by atoms with Gasteiger partial charge in [-0.2, -0.15) is 0 Å². The third-order valence-corrected chi connectivity index (χ3v) is 3.53. The smallest absolute Gasteiger partial charge is 0.343 e. The van der Waals surface area contributed by atoms with Gasteiger partial charge >= 0.3 is 5.97 Å². The summed E-state index contributed by atoms with van der Waals surface area (Å²) in [5.74, 6) is 0.170. The van der Waals surface area contributed by atoms with Crippen LogP contribution < -0.4 is 11.1 Å². The molecule has 7 nitrogen and oxygen atoms in total. The number of rotatable bonds is 8. The number of carbonyl (C=O) groups excluding carboxylic acids is 2. The van der Waals surface area contributed by atoms with Gasteiger partial charge in [0.1, 0.15) is 11.4 Å². The van der Waals surface area contributed by atoms with Gasteiger partial charge in [-0.1, -0.05) is 25.6 Å². The minimum absolute atomic E-state index is 0.0520. The van der Waals surface area contributed by atoms with Gasteiger partial charge in [-0.15, -0.1) is 0 Å². The quantitative estimate of drug-likeness (QED) is 0.423. The molecular weight excluding hydrogens is 304 g/mol. The van der Waals surface area contributed by atoms with Gasteiger partial charge < -0.3 is 15.8 Å². The molecule has 122 valence electrons. The number of nitrogen functional groups attached to an aromatic ring is 1. The number of amides is 1. The highest BCUT2D eigenvalue weighted by Gasteiger charge is 2.14. The van der Waals surface area contributed by atoms with Crippen molar-refractivity contribution in [2.45, 2.75) is 32.3 Å². The Kier molecular flexibility index (Phi) is 7.65. The van der Waals surface area contributed by atoms with Crippen molar-refractivity contribution in [2.75, 3.05) is 24.6 Å². The zero-order valence-corrected chi connectivity index (χ0v) is 13.9. The molecule has 0 fully saturated rings. The fourth-order valence-corrected chi connectivity index (χ4v) is 2.15. The van der Waals surface area contributed by atoms with E-state index in [9.17, 15) is 9.59 Å². The molecular formula is C14H22N4O3S. The van der Waals surface area contributed by atoms with Crippen molar-refractivity contribution in [3.8, 4) is 0 Å². The maximum Gasteiger partial charge on any atom is 0.343 e. The van der Waals surface area contributed by atoms with Crippen LogP contribution in [-0.2, 0) is 9.53 Å². The van der Waals surface area contributed by atoms with E-state index in [1.807, 2.05) is 0 Å². The molecule has 8 heteroatoms. The van der Waals surface area contributed by atoms with Crippen LogP contribution in [0.4, 0.5) is 5.82 Å². The summed E-state index contributed by atoms with van der Waals surface area (Å²) in [5.41, 5.74) is 5.84. The molecule has 1 amide bonds. The number of thioether (sulfide) groups is 1. The first-order chi connectivity index (χ1) is 10.4. The van der Waals surface area contributed by atoms with Gasteiger partial charge in [-0.05, 0) is 19.3 Å². The number of hydrogen-bond acceptors (Lipinski definition) is 7. The summed E-state index contributed by atoms with van der Waals surface area (Å²) in [6.07, 6.45) is 2.26. The molecule has 1 rings (SSSR count). The largest absolute Gasteiger partial charge is 0.462 e. The maximum absolute atomic E-state index is 11.7. The standard InChI is InChI=1S/C14H22N4O3S/c1-4-21-13(20)10-7-17-14(18-12(10)15)22-8-11(19)16-6-5-9(2)3/h7,9H,4-6,8H2,1-3H3,(H,16,19)(H2,15,17,18). The second-order valence-corrected chi connectivity index (χ2v) is 5.94. The van der Waals surface area contributed by atoms with E-state index in [1.165, 1.54) is 18.0 Å². The van der Waals surface area contributed by atoms with Gasteiger partial charge in [0.05, 0.1) is 12.4 Å². The maximum atomic E-state index is 11.7. The molecule has 22 heavy (non-hydrogen) atoms. The third-order valence-electron chi connectivity index (χ3n) is 2.67. The Morgan fingerprint density at radius 3 is 2.77 bits per heavy atom. The summed E-state index contributed by atoms with van der Waals surface area (Å²) in [6.45, 7) is 6.81. The monoisotopic (exact) mass is 326 g/mol. The Balaban J connectivity index is 2.48. The minimum Gasteiger partial charge on any atom is -0.462 e. The fourth-order valence-electron chi connectivity index (χ4n) is 1.50. The number of aromatic nitrogens is 2. The number of esters is 1. The third kappa shape index (κ3) is 6.30. The Bertz CT molecular complexity index is 523. The molecule has 3 N–H and O–H groups in total. The molecule has 0 aliphatic heterocycles. The van der Waals surface area contributed by atoms with Crippen LogP contribution in [0.3, 0.4) is 0 Å². The van der Waals surface area contributed by atoms with Crippen molar-refractivity contribution in [3.05, 3.63) is 11.8 Å². The topological polar surface area (TPSA) is 107 Å². The van der Waals surface area contributed by atoms with Crippen molar-refractivity contribution >= 4 is 29.5 Å². The SMILES string of the molecule is CCOC(=O)c1cnc(SCC(=O)NCCC(C)C)nc1N. The Hall–Kier alpha value is -1.83. The normalized spacial score (nSPS) is 10.5. The summed E-state index contributed by atoms with van der Waals surface area (Å²) in [7, 11) is 0. The molecule has 1 aromatic heterocycles. The van der Waals surface area contributed by atoms with E-state index in [4.69, 9.17) is 10.5 Å². The molecule has 0 spiro atoms. The molecule has 0 radical (unpaired) electrons.